The Morgan fingerprint density at radius 2 is 1.04 bits per heavy atom. The molecule has 6 atom stereocenters. The van der Waals surface area contributed by atoms with Gasteiger partial charge in [-0.25, -0.2) is 0 Å². The second-order valence-corrected chi connectivity index (χ2v) is 12.1. The van der Waals surface area contributed by atoms with E-state index in [0.29, 0.717) is 34.4 Å². The van der Waals surface area contributed by atoms with E-state index in [1.165, 1.54) is 42.5 Å². The Labute approximate surface area is 262 Å². The van der Waals surface area contributed by atoms with Crippen LogP contribution in [-0.2, 0) is 12.8 Å². The van der Waals surface area contributed by atoms with Gasteiger partial charge in [-0.15, -0.1) is 0 Å². The number of aliphatic hydroxyl groups excluding tert-OH is 2. The summed E-state index contributed by atoms with van der Waals surface area (Å²) in [5.41, 5.74) is 2.28. The summed E-state index contributed by atoms with van der Waals surface area (Å²) in [7, 11) is 0. The van der Waals surface area contributed by atoms with Crippen molar-refractivity contribution >= 4 is 0 Å². The summed E-state index contributed by atoms with van der Waals surface area (Å²) in [5, 5.41) is 94.3. The molecular weight excluding hydrogens is 600 g/mol. The number of hydrogen-bond acceptors (Lipinski definition) is 12. The van der Waals surface area contributed by atoms with E-state index < -0.39 is 36.3 Å². The molecule has 0 aromatic heterocycles. The maximum Gasteiger partial charge on any atom is 0.157 e. The zero-order valence-electron chi connectivity index (χ0n) is 24.5. The molecule has 0 fully saturated rings. The molecule has 0 aliphatic carbocycles. The molecule has 0 bridgehead atoms. The highest BCUT2D eigenvalue weighted by atomic mass is 16.5. The van der Waals surface area contributed by atoms with E-state index in [9.17, 15) is 46.0 Å². The van der Waals surface area contributed by atoms with Gasteiger partial charge in [0, 0.05) is 41.7 Å². The van der Waals surface area contributed by atoms with Crippen molar-refractivity contribution in [3.8, 4) is 57.5 Å². The Hall–Kier alpha value is -5.20. The zero-order valence-corrected chi connectivity index (χ0v) is 24.5. The van der Waals surface area contributed by atoms with Crippen LogP contribution in [0.2, 0.25) is 0 Å². The number of hydrogen-bond donors (Lipinski definition) is 9. The Morgan fingerprint density at radius 3 is 1.57 bits per heavy atom. The molecule has 0 radical (unpaired) electrons. The first kappa shape index (κ1) is 29.5. The predicted molar refractivity (Wildman–Crippen MR) is 160 cm³/mol. The first-order valence-corrected chi connectivity index (χ1v) is 14.8. The standard InChI is InChI=1S/C34H32O12/c1-13-6-27(30-24(41)11-20(37)16-9-25(42)32(46-34(16)30)15-3-5-19(36)23(40)8-15)44-28-12-21(38)17-10-26(43)31(45-33(17)29(13)28)14-2-4-18(35)22(39)7-14/h2-5,7-8,11-13,25-27,31-32,35-43H,6,9-10H2,1H3/t13-,25-,26-,27+,31+,32+/m0/s1. The summed E-state index contributed by atoms with van der Waals surface area (Å²) in [6.07, 6.45) is -4.67. The molecule has 0 amide bonds. The first-order valence-electron chi connectivity index (χ1n) is 14.8. The lowest BCUT2D eigenvalue weighted by atomic mass is 9.83. The van der Waals surface area contributed by atoms with Crippen LogP contribution in [0.1, 0.15) is 71.0 Å². The predicted octanol–water partition coefficient (Wildman–Crippen LogP) is 4.33. The second kappa shape index (κ2) is 10.7. The molecule has 240 valence electrons. The molecule has 3 aliphatic rings. The van der Waals surface area contributed by atoms with Gasteiger partial charge in [0.25, 0.3) is 0 Å². The number of ether oxygens (including phenoxy) is 3. The van der Waals surface area contributed by atoms with E-state index >= 15 is 0 Å². The van der Waals surface area contributed by atoms with Crippen LogP contribution in [0, 0.1) is 0 Å². The number of rotatable bonds is 3. The van der Waals surface area contributed by atoms with Crippen LogP contribution in [0.5, 0.6) is 57.5 Å². The van der Waals surface area contributed by atoms with Gasteiger partial charge in [-0.2, -0.15) is 0 Å². The summed E-state index contributed by atoms with van der Waals surface area (Å²) in [4.78, 5) is 0. The summed E-state index contributed by atoms with van der Waals surface area (Å²) >= 11 is 0. The fourth-order valence-electron chi connectivity index (χ4n) is 6.78. The van der Waals surface area contributed by atoms with Gasteiger partial charge in [0.2, 0.25) is 0 Å². The maximum absolute atomic E-state index is 11.1. The molecule has 3 aliphatic heterocycles. The van der Waals surface area contributed by atoms with Gasteiger partial charge >= 0.3 is 0 Å². The van der Waals surface area contributed by atoms with Gasteiger partial charge < -0.3 is 60.2 Å². The van der Waals surface area contributed by atoms with Crippen molar-refractivity contribution in [2.75, 3.05) is 0 Å². The molecule has 3 heterocycles. The summed E-state index contributed by atoms with van der Waals surface area (Å²) in [6.45, 7) is 1.91. The largest absolute Gasteiger partial charge is 0.507 e. The van der Waals surface area contributed by atoms with Crippen LogP contribution in [0.4, 0.5) is 0 Å². The Kier molecular flexibility index (Phi) is 6.87. The lowest BCUT2D eigenvalue weighted by molar-refractivity contribution is 0.0150. The third-order valence-electron chi connectivity index (χ3n) is 9.06. The van der Waals surface area contributed by atoms with E-state index in [2.05, 4.69) is 0 Å². The monoisotopic (exact) mass is 632 g/mol. The fraction of sp³-hybridized carbons (Fsp3) is 0.294. The van der Waals surface area contributed by atoms with Gasteiger partial charge in [-0.05, 0) is 47.7 Å². The summed E-state index contributed by atoms with van der Waals surface area (Å²) in [5.74, 6) is -1.78. The third-order valence-corrected chi connectivity index (χ3v) is 9.06. The maximum atomic E-state index is 11.1. The summed E-state index contributed by atoms with van der Waals surface area (Å²) < 4.78 is 18.9. The van der Waals surface area contributed by atoms with Crippen molar-refractivity contribution < 1.29 is 60.2 Å². The normalized spacial score (nSPS) is 24.8. The Morgan fingerprint density at radius 1 is 0.543 bits per heavy atom. The minimum Gasteiger partial charge on any atom is -0.507 e. The number of aliphatic hydroxyl groups is 2. The second-order valence-electron chi connectivity index (χ2n) is 12.1. The van der Waals surface area contributed by atoms with Crippen molar-refractivity contribution in [3.63, 3.8) is 0 Å². The van der Waals surface area contributed by atoms with Crippen molar-refractivity contribution in [2.24, 2.45) is 0 Å². The highest BCUT2D eigenvalue weighted by Crippen LogP contribution is 2.56. The minimum atomic E-state index is -1.13. The highest BCUT2D eigenvalue weighted by Gasteiger charge is 2.42. The van der Waals surface area contributed by atoms with Crippen molar-refractivity contribution in [1.82, 2.24) is 0 Å². The molecule has 12 heteroatoms. The first-order chi connectivity index (χ1) is 21.9. The lowest BCUT2D eigenvalue weighted by Crippen LogP contribution is -2.32. The van der Waals surface area contributed by atoms with E-state index in [1.807, 2.05) is 6.92 Å². The van der Waals surface area contributed by atoms with Crippen molar-refractivity contribution in [3.05, 3.63) is 81.9 Å². The molecular formula is C34H32O12. The average Bonchev–Trinajstić information content (AvgIpc) is 3.00. The molecule has 9 N–H and O–H groups in total. The molecule has 0 unspecified atom stereocenters. The van der Waals surface area contributed by atoms with Crippen LogP contribution in [0.3, 0.4) is 0 Å². The van der Waals surface area contributed by atoms with E-state index in [1.54, 1.807) is 0 Å². The zero-order chi connectivity index (χ0) is 32.6. The smallest absolute Gasteiger partial charge is 0.157 e. The quantitative estimate of drug-likeness (QED) is 0.145. The van der Waals surface area contributed by atoms with Crippen LogP contribution < -0.4 is 14.2 Å². The minimum absolute atomic E-state index is 0.0434. The van der Waals surface area contributed by atoms with Crippen LogP contribution >= 0.6 is 0 Å². The topological polar surface area (TPSA) is 210 Å². The molecule has 0 saturated heterocycles. The van der Waals surface area contributed by atoms with E-state index in [0.717, 1.165) is 6.07 Å². The number of phenolic OH excluding ortho intramolecular Hbond substituents is 7. The summed E-state index contributed by atoms with van der Waals surface area (Å²) in [6, 6.07) is 10.7. The molecule has 7 rings (SSSR count). The molecule has 12 nitrogen and oxygen atoms in total. The highest BCUT2D eigenvalue weighted by molar-refractivity contribution is 5.63. The van der Waals surface area contributed by atoms with Crippen molar-refractivity contribution in [1.29, 1.82) is 0 Å². The molecule has 0 spiro atoms. The van der Waals surface area contributed by atoms with Crippen LogP contribution in [0.15, 0.2) is 48.5 Å². The lowest BCUT2D eigenvalue weighted by Gasteiger charge is -2.39. The number of fused-ring (bicyclic) bond motifs is 4. The van der Waals surface area contributed by atoms with Crippen LogP contribution in [0.25, 0.3) is 0 Å². The molecule has 4 aromatic carbocycles. The van der Waals surface area contributed by atoms with E-state index in [4.69, 9.17) is 14.2 Å². The Bertz CT molecular complexity index is 1870. The van der Waals surface area contributed by atoms with E-state index in [-0.39, 0.29) is 75.9 Å². The van der Waals surface area contributed by atoms with Gasteiger partial charge in [-0.1, -0.05) is 19.1 Å². The van der Waals surface area contributed by atoms with Gasteiger partial charge in [-0.3, -0.25) is 0 Å². The number of benzene rings is 4. The fourth-order valence-corrected chi connectivity index (χ4v) is 6.78. The number of aromatic hydroxyl groups is 7. The van der Waals surface area contributed by atoms with Gasteiger partial charge in [0.05, 0.1) is 17.8 Å². The number of phenols is 7. The van der Waals surface area contributed by atoms with Crippen molar-refractivity contribution in [2.45, 2.75) is 62.6 Å². The molecule has 46 heavy (non-hydrogen) atoms. The Balaban J connectivity index is 1.27. The molecule has 4 aromatic rings. The van der Waals surface area contributed by atoms with Crippen LogP contribution in [-0.4, -0.2) is 58.2 Å². The SMILES string of the molecule is C[C@H]1C[C@H](c2c(O)cc(O)c3c2O[C@H](c2ccc(O)c(O)c2)[C@@H](O)C3)Oc2cc(O)c3c(c21)O[C@H](c1ccc(O)c(O)c1)[C@@H](O)C3. The van der Waals surface area contributed by atoms with Gasteiger partial charge in [0.15, 0.2) is 23.0 Å². The van der Waals surface area contributed by atoms with Gasteiger partial charge in [0.1, 0.15) is 52.8 Å². The molecule has 0 saturated carbocycles. The average molecular weight is 633 g/mol. The third kappa shape index (κ3) is 4.68.